The molecular formula is C12H23N3S. The molecule has 0 aliphatic carbocycles. The van der Waals surface area contributed by atoms with Gasteiger partial charge in [-0.05, 0) is 26.7 Å². The number of hydrogen-bond acceptors (Lipinski definition) is 4. The topological polar surface area (TPSA) is 42.2 Å². The van der Waals surface area contributed by atoms with Crippen LogP contribution < -0.4 is 10.6 Å². The van der Waals surface area contributed by atoms with Gasteiger partial charge in [0.15, 0.2) is 5.13 Å². The summed E-state index contributed by atoms with van der Waals surface area (Å²) in [5, 5.41) is 1.11. The van der Waals surface area contributed by atoms with Crippen LogP contribution in [-0.4, -0.2) is 17.6 Å². The van der Waals surface area contributed by atoms with E-state index in [0.717, 1.165) is 11.7 Å². The Bertz CT molecular complexity index is 331. The number of nitrogens with two attached hydrogens (primary N) is 1. The molecule has 0 fully saturated rings. The zero-order valence-electron chi connectivity index (χ0n) is 10.9. The van der Waals surface area contributed by atoms with Crippen LogP contribution in [0.5, 0.6) is 0 Å². The molecule has 1 heterocycles. The van der Waals surface area contributed by atoms with Crippen molar-refractivity contribution in [3.63, 3.8) is 0 Å². The Labute approximate surface area is 103 Å². The van der Waals surface area contributed by atoms with Crippen molar-refractivity contribution in [1.82, 2.24) is 4.98 Å². The molecule has 0 unspecified atom stereocenters. The Balaban J connectivity index is 3.06. The molecule has 0 saturated heterocycles. The minimum absolute atomic E-state index is 0.453. The fourth-order valence-corrected chi connectivity index (χ4v) is 3.08. The highest BCUT2D eigenvalue weighted by molar-refractivity contribution is 7.15. The van der Waals surface area contributed by atoms with E-state index in [1.165, 1.54) is 10.6 Å². The van der Waals surface area contributed by atoms with Crippen LogP contribution in [0.1, 0.15) is 51.1 Å². The molecule has 1 aromatic rings. The molecule has 0 amide bonds. The van der Waals surface area contributed by atoms with Crippen LogP contribution in [0.25, 0.3) is 0 Å². The normalized spacial score (nSPS) is 11.5. The predicted octanol–water partition coefficient (Wildman–Crippen LogP) is 2.96. The van der Waals surface area contributed by atoms with Crippen molar-refractivity contribution in [3.05, 3.63) is 10.6 Å². The van der Waals surface area contributed by atoms with E-state index < -0.39 is 0 Å². The Hall–Kier alpha value is -0.610. The molecule has 1 aromatic heterocycles. The van der Waals surface area contributed by atoms with Gasteiger partial charge in [0.25, 0.3) is 0 Å². The zero-order chi connectivity index (χ0) is 12.3. The van der Waals surface area contributed by atoms with Gasteiger partial charge < -0.3 is 10.6 Å². The lowest BCUT2D eigenvalue weighted by Crippen LogP contribution is -2.30. The number of nitrogens with zero attached hydrogens (tertiary/aromatic N) is 2. The molecule has 0 spiro atoms. The summed E-state index contributed by atoms with van der Waals surface area (Å²) < 4.78 is 0. The van der Waals surface area contributed by atoms with Crippen molar-refractivity contribution in [2.24, 2.45) is 5.73 Å². The highest BCUT2D eigenvalue weighted by Crippen LogP contribution is 2.31. The van der Waals surface area contributed by atoms with E-state index in [2.05, 4.69) is 39.5 Å². The van der Waals surface area contributed by atoms with Crippen molar-refractivity contribution < 1.29 is 0 Å². The van der Waals surface area contributed by atoms with Crippen molar-refractivity contribution in [3.8, 4) is 0 Å². The molecule has 2 N–H and O–H groups in total. The third-order valence-corrected chi connectivity index (χ3v) is 3.79. The molecule has 16 heavy (non-hydrogen) atoms. The van der Waals surface area contributed by atoms with Crippen LogP contribution in [0.3, 0.4) is 0 Å². The summed E-state index contributed by atoms with van der Waals surface area (Å²) in [5.41, 5.74) is 6.94. The van der Waals surface area contributed by atoms with E-state index >= 15 is 0 Å². The van der Waals surface area contributed by atoms with Gasteiger partial charge in [-0.15, -0.1) is 11.3 Å². The van der Waals surface area contributed by atoms with Gasteiger partial charge in [-0.3, -0.25) is 0 Å². The minimum Gasteiger partial charge on any atom is -0.346 e. The summed E-state index contributed by atoms with van der Waals surface area (Å²) >= 11 is 1.74. The van der Waals surface area contributed by atoms with Crippen molar-refractivity contribution in [2.45, 2.75) is 53.1 Å². The van der Waals surface area contributed by atoms with Gasteiger partial charge in [-0.2, -0.15) is 0 Å². The molecule has 0 bridgehead atoms. The van der Waals surface area contributed by atoms with Crippen LogP contribution in [-0.2, 0) is 6.54 Å². The number of aromatic nitrogens is 1. The van der Waals surface area contributed by atoms with Gasteiger partial charge >= 0.3 is 0 Å². The Morgan fingerprint density at radius 1 is 1.31 bits per heavy atom. The first kappa shape index (κ1) is 13.5. The van der Waals surface area contributed by atoms with Crippen LogP contribution >= 0.6 is 11.3 Å². The maximum absolute atomic E-state index is 5.77. The number of rotatable bonds is 5. The first-order chi connectivity index (χ1) is 7.51. The Kier molecular flexibility index (Phi) is 4.74. The average Bonchev–Trinajstić information content (AvgIpc) is 2.62. The molecule has 0 aliphatic rings. The van der Waals surface area contributed by atoms with E-state index in [1.54, 1.807) is 11.3 Å². The molecule has 4 heteroatoms. The molecule has 0 aliphatic heterocycles. The van der Waals surface area contributed by atoms with E-state index in [0.29, 0.717) is 18.5 Å². The van der Waals surface area contributed by atoms with Crippen LogP contribution in [0.15, 0.2) is 0 Å². The lowest BCUT2D eigenvalue weighted by molar-refractivity contribution is 0.696. The molecule has 0 atom stereocenters. The molecule has 3 nitrogen and oxygen atoms in total. The summed E-state index contributed by atoms with van der Waals surface area (Å²) in [7, 11) is 0. The van der Waals surface area contributed by atoms with Crippen molar-refractivity contribution in [2.75, 3.05) is 11.4 Å². The van der Waals surface area contributed by atoms with Crippen molar-refractivity contribution in [1.29, 1.82) is 0 Å². The number of thiazole rings is 1. The molecule has 0 radical (unpaired) electrons. The second kappa shape index (κ2) is 5.64. The van der Waals surface area contributed by atoms with Gasteiger partial charge in [0.2, 0.25) is 0 Å². The van der Waals surface area contributed by atoms with Gasteiger partial charge in [0.1, 0.15) is 0 Å². The molecular weight excluding hydrogens is 218 g/mol. The number of hydrogen-bond donors (Lipinski definition) is 1. The second-order valence-electron chi connectivity index (χ2n) is 4.54. The minimum atomic E-state index is 0.453. The molecule has 92 valence electrons. The smallest absolute Gasteiger partial charge is 0.186 e. The zero-order valence-corrected chi connectivity index (χ0v) is 11.8. The maximum atomic E-state index is 5.77. The third-order valence-electron chi connectivity index (χ3n) is 2.66. The lowest BCUT2D eigenvalue weighted by Gasteiger charge is -2.24. The predicted molar refractivity (Wildman–Crippen MR) is 72.3 cm³/mol. The lowest BCUT2D eigenvalue weighted by atomic mass is 10.1. The Morgan fingerprint density at radius 3 is 2.25 bits per heavy atom. The van der Waals surface area contributed by atoms with Gasteiger partial charge in [0, 0.05) is 24.0 Å². The molecule has 1 rings (SSSR count). The quantitative estimate of drug-likeness (QED) is 0.862. The summed E-state index contributed by atoms with van der Waals surface area (Å²) in [6.07, 6.45) is 0. The SMILES string of the molecule is CCN(c1nc(C(C)C)c(CN)s1)C(C)C. The van der Waals surface area contributed by atoms with Crippen molar-refractivity contribution >= 4 is 16.5 Å². The Morgan fingerprint density at radius 2 is 1.94 bits per heavy atom. The van der Waals surface area contributed by atoms with Crippen LogP contribution in [0, 0.1) is 0 Å². The maximum Gasteiger partial charge on any atom is 0.186 e. The number of anilines is 1. The highest BCUT2D eigenvalue weighted by Gasteiger charge is 2.18. The first-order valence-electron chi connectivity index (χ1n) is 5.97. The summed E-state index contributed by atoms with van der Waals surface area (Å²) in [5.74, 6) is 0.453. The summed E-state index contributed by atoms with van der Waals surface area (Å²) in [6, 6.07) is 0.488. The average molecular weight is 241 g/mol. The first-order valence-corrected chi connectivity index (χ1v) is 6.79. The fraction of sp³-hybridized carbons (Fsp3) is 0.750. The van der Waals surface area contributed by atoms with Gasteiger partial charge in [-0.25, -0.2) is 4.98 Å². The van der Waals surface area contributed by atoms with Gasteiger partial charge in [0.05, 0.1) is 5.69 Å². The van der Waals surface area contributed by atoms with E-state index in [-0.39, 0.29) is 0 Å². The third kappa shape index (κ3) is 2.74. The fourth-order valence-electron chi connectivity index (χ4n) is 1.79. The van der Waals surface area contributed by atoms with Crippen LogP contribution in [0.4, 0.5) is 5.13 Å². The van der Waals surface area contributed by atoms with E-state index in [9.17, 15) is 0 Å². The van der Waals surface area contributed by atoms with E-state index in [4.69, 9.17) is 10.7 Å². The standard InChI is InChI=1S/C12H23N3S/c1-6-15(9(4)5)12-14-11(8(2)3)10(7-13)16-12/h8-9H,6-7,13H2,1-5H3. The van der Waals surface area contributed by atoms with Gasteiger partial charge in [-0.1, -0.05) is 13.8 Å². The highest BCUT2D eigenvalue weighted by atomic mass is 32.1. The second-order valence-corrected chi connectivity index (χ2v) is 5.61. The van der Waals surface area contributed by atoms with Crippen LogP contribution in [0.2, 0.25) is 0 Å². The molecule has 0 aromatic carbocycles. The van der Waals surface area contributed by atoms with E-state index in [1.807, 2.05) is 0 Å². The summed E-state index contributed by atoms with van der Waals surface area (Å²) in [6.45, 7) is 12.5. The largest absolute Gasteiger partial charge is 0.346 e. The monoisotopic (exact) mass is 241 g/mol. The molecule has 0 saturated carbocycles. The summed E-state index contributed by atoms with van der Waals surface area (Å²) in [4.78, 5) is 8.28.